The summed E-state index contributed by atoms with van der Waals surface area (Å²) >= 11 is 0. The highest BCUT2D eigenvalue weighted by molar-refractivity contribution is 5.93. The van der Waals surface area contributed by atoms with E-state index in [0.29, 0.717) is 37.5 Å². The molecule has 3 rings (SSSR count). The van der Waals surface area contributed by atoms with Gasteiger partial charge >= 0.3 is 0 Å². The monoisotopic (exact) mass is 305 g/mol. The molecule has 0 unspecified atom stereocenters. The van der Waals surface area contributed by atoms with Crippen LogP contribution in [0.2, 0.25) is 0 Å². The van der Waals surface area contributed by atoms with Gasteiger partial charge in [0, 0.05) is 24.8 Å². The van der Waals surface area contributed by atoms with Crippen molar-refractivity contribution in [1.29, 1.82) is 0 Å². The number of hydrogen-bond acceptors (Lipinski definition) is 6. The first kappa shape index (κ1) is 14.8. The van der Waals surface area contributed by atoms with Crippen LogP contribution in [0.5, 0.6) is 0 Å². The highest BCUT2D eigenvalue weighted by atomic mass is 16.5. The van der Waals surface area contributed by atoms with E-state index in [4.69, 9.17) is 13.7 Å². The third-order valence-corrected chi connectivity index (χ3v) is 3.83. The normalized spacial score (nSPS) is 21.2. The van der Waals surface area contributed by atoms with Gasteiger partial charge in [0.1, 0.15) is 11.5 Å². The van der Waals surface area contributed by atoms with Crippen molar-refractivity contribution in [2.75, 3.05) is 13.2 Å². The van der Waals surface area contributed by atoms with Crippen molar-refractivity contribution in [3.63, 3.8) is 0 Å². The summed E-state index contributed by atoms with van der Waals surface area (Å²) < 4.78 is 15.9. The molecule has 1 aliphatic heterocycles. The maximum absolute atomic E-state index is 12.3. The number of rotatable bonds is 5. The second-order valence-corrected chi connectivity index (χ2v) is 5.49. The van der Waals surface area contributed by atoms with E-state index >= 15 is 0 Å². The van der Waals surface area contributed by atoms with Gasteiger partial charge in [0.2, 0.25) is 0 Å². The Hall–Kier alpha value is -2.15. The number of ether oxygens (including phenoxy) is 1. The molecule has 2 aromatic rings. The molecule has 1 N–H and O–H groups in total. The van der Waals surface area contributed by atoms with Gasteiger partial charge in [0.25, 0.3) is 5.91 Å². The fraction of sp³-hybridized carbons (Fsp3) is 0.533. The van der Waals surface area contributed by atoms with Gasteiger partial charge in [-0.3, -0.25) is 4.79 Å². The number of carbonyl (C=O) groups excluding carboxylic acids is 1. The smallest absolute Gasteiger partial charge is 0.273 e. The van der Waals surface area contributed by atoms with E-state index in [2.05, 4.69) is 15.5 Å². The summed E-state index contributed by atoms with van der Waals surface area (Å²) in [5.41, 5.74) is 1.20. The summed E-state index contributed by atoms with van der Waals surface area (Å²) in [5, 5.41) is 6.87. The number of nitrogens with zero attached hydrogens (tertiary/aromatic N) is 2. The highest BCUT2D eigenvalue weighted by Gasteiger charge is 2.32. The summed E-state index contributed by atoms with van der Waals surface area (Å²) in [4.78, 5) is 16.3. The molecule has 0 aromatic carbocycles. The molecule has 0 aliphatic carbocycles. The average Bonchev–Trinajstić information content (AvgIpc) is 3.21. The maximum Gasteiger partial charge on any atom is 0.273 e. The molecule has 1 saturated heterocycles. The molecule has 2 atom stereocenters. The number of amides is 1. The standard InChI is InChI=1S/C15H19N3O4/c1-3-13-14(16-8-21-13)15(19)17-12-7-20-6-10(12)5-11-4-9(2)18-22-11/h4,8,10,12H,3,5-7H2,1-2H3,(H,17,19)/t10-,12+/m1/s1. The topological polar surface area (TPSA) is 90.4 Å². The molecule has 1 amide bonds. The average molecular weight is 305 g/mol. The lowest BCUT2D eigenvalue weighted by atomic mass is 9.98. The SMILES string of the molecule is CCc1ocnc1C(=O)N[C@H]1COC[C@H]1Cc1cc(C)no1. The minimum atomic E-state index is -0.222. The van der Waals surface area contributed by atoms with E-state index in [1.54, 1.807) is 0 Å². The molecule has 7 heteroatoms. The van der Waals surface area contributed by atoms with E-state index in [9.17, 15) is 4.79 Å². The zero-order chi connectivity index (χ0) is 15.5. The number of hydrogen-bond donors (Lipinski definition) is 1. The first-order chi connectivity index (χ1) is 10.7. The molecule has 3 heterocycles. The Morgan fingerprint density at radius 1 is 1.45 bits per heavy atom. The number of nitrogens with one attached hydrogen (secondary N) is 1. The lowest BCUT2D eigenvalue weighted by Crippen LogP contribution is -2.41. The van der Waals surface area contributed by atoms with Crippen LogP contribution in [-0.4, -0.2) is 35.3 Å². The van der Waals surface area contributed by atoms with Gasteiger partial charge in [-0.05, 0) is 6.92 Å². The lowest BCUT2D eigenvalue weighted by molar-refractivity contribution is 0.0918. The zero-order valence-electron chi connectivity index (χ0n) is 12.7. The Bertz CT molecular complexity index is 649. The fourth-order valence-corrected chi connectivity index (χ4v) is 2.67. The molecule has 0 radical (unpaired) electrons. The Morgan fingerprint density at radius 2 is 2.32 bits per heavy atom. The van der Waals surface area contributed by atoms with Crippen LogP contribution in [0.25, 0.3) is 0 Å². The van der Waals surface area contributed by atoms with E-state index < -0.39 is 0 Å². The van der Waals surface area contributed by atoms with Crippen LogP contribution in [0, 0.1) is 12.8 Å². The molecular weight excluding hydrogens is 286 g/mol. The molecule has 2 aromatic heterocycles. The van der Waals surface area contributed by atoms with Crippen molar-refractivity contribution in [1.82, 2.24) is 15.5 Å². The minimum absolute atomic E-state index is 0.0701. The molecule has 22 heavy (non-hydrogen) atoms. The van der Waals surface area contributed by atoms with Crippen molar-refractivity contribution < 1.29 is 18.5 Å². The molecular formula is C15H19N3O4. The van der Waals surface area contributed by atoms with Crippen molar-refractivity contribution in [2.24, 2.45) is 5.92 Å². The summed E-state index contributed by atoms with van der Waals surface area (Å²) in [7, 11) is 0. The largest absolute Gasteiger partial charge is 0.448 e. The van der Waals surface area contributed by atoms with Crippen LogP contribution in [0.4, 0.5) is 0 Å². The van der Waals surface area contributed by atoms with E-state index in [0.717, 1.165) is 11.5 Å². The Morgan fingerprint density at radius 3 is 3.05 bits per heavy atom. The van der Waals surface area contributed by atoms with Gasteiger partial charge in [-0.15, -0.1) is 0 Å². The minimum Gasteiger partial charge on any atom is -0.448 e. The number of aromatic nitrogens is 2. The van der Waals surface area contributed by atoms with Gasteiger partial charge in [-0.1, -0.05) is 12.1 Å². The van der Waals surface area contributed by atoms with Crippen LogP contribution in [0.1, 0.15) is 34.6 Å². The predicted molar refractivity (Wildman–Crippen MR) is 76.4 cm³/mol. The second-order valence-electron chi connectivity index (χ2n) is 5.49. The maximum atomic E-state index is 12.3. The lowest BCUT2D eigenvalue weighted by Gasteiger charge is -2.17. The summed E-state index contributed by atoms with van der Waals surface area (Å²) in [6.07, 6.45) is 2.61. The van der Waals surface area contributed by atoms with Crippen LogP contribution in [-0.2, 0) is 17.6 Å². The number of carbonyl (C=O) groups is 1. The van der Waals surface area contributed by atoms with Gasteiger partial charge in [0.05, 0.1) is 24.9 Å². The molecule has 1 aliphatic rings. The van der Waals surface area contributed by atoms with Gasteiger partial charge in [-0.2, -0.15) is 0 Å². The van der Waals surface area contributed by atoms with Gasteiger partial charge < -0.3 is 19.0 Å². The summed E-state index contributed by atoms with van der Waals surface area (Å²) in [5.74, 6) is 1.34. The Kier molecular flexibility index (Phi) is 4.24. The fourth-order valence-electron chi connectivity index (χ4n) is 2.67. The molecule has 7 nitrogen and oxygen atoms in total. The number of oxazole rings is 1. The molecule has 0 bridgehead atoms. The van der Waals surface area contributed by atoms with Crippen LogP contribution >= 0.6 is 0 Å². The first-order valence-corrected chi connectivity index (χ1v) is 7.40. The van der Waals surface area contributed by atoms with E-state index in [-0.39, 0.29) is 17.9 Å². The molecule has 1 fully saturated rings. The van der Waals surface area contributed by atoms with Crippen molar-refractivity contribution in [2.45, 2.75) is 32.7 Å². The quantitative estimate of drug-likeness (QED) is 0.900. The first-order valence-electron chi connectivity index (χ1n) is 7.40. The van der Waals surface area contributed by atoms with Crippen molar-refractivity contribution in [3.05, 3.63) is 35.4 Å². The predicted octanol–water partition coefficient (Wildman–Crippen LogP) is 1.52. The summed E-state index contributed by atoms with van der Waals surface area (Å²) in [6.45, 7) is 4.88. The van der Waals surface area contributed by atoms with E-state index in [1.807, 2.05) is 19.9 Å². The van der Waals surface area contributed by atoms with Crippen molar-refractivity contribution in [3.8, 4) is 0 Å². The van der Waals surface area contributed by atoms with Crippen LogP contribution < -0.4 is 5.32 Å². The zero-order valence-corrected chi connectivity index (χ0v) is 12.7. The second kappa shape index (κ2) is 6.31. The van der Waals surface area contributed by atoms with Gasteiger partial charge in [-0.25, -0.2) is 4.98 Å². The molecule has 0 saturated carbocycles. The van der Waals surface area contributed by atoms with Gasteiger partial charge in [0.15, 0.2) is 12.1 Å². The van der Waals surface area contributed by atoms with Crippen LogP contribution in [0.3, 0.4) is 0 Å². The Balaban J connectivity index is 1.64. The highest BCUT2D eigenvalue weighted by Crippen LogP contribution is 2.20. The van der Waals surface area contributed by atoms with Crippen molar-refractivity contribution >= 4 is 5.91 Å². The summed E-state index contributed by atoms with van der Waals surface area (Å²) in [6, 6.07) is 1.84. The third-order valence-electron chi connectivity index (χ3n) is 3.83. The Labute approximate surface area is 128 Å². The third kappa shape index (κ3) is 3.04. The van der Waals surface area contributed by atoms with E-state index in [1.165, 1.54) is 6.39 Å². The molecule has 118 valence electrons. The number of aryl methyl sites for hydroxylation is 2. The molecule has 0 spiro atoms. The van der Waals surface area contributed by atoms with Crippen LogP contribution in [0.15, 0.2) is 21.4 Å².